The second-order valence-corrected chi connectivity index (χ2v) is 5.81. The van der Waals surface area contributed by atoms with E-state index in [1.54, 1.807) is 16.8 Å². The molecule has 0 N–H and O–H groups in total. The van der Waals surface area contributed by atoms with E-state index in [1.807, 2.05) is 6.92 Å². The highest BCUT2D eigenvalue weighted by Gasteiger charge is 2.18. The highest BCUT2D eigenvalue weighted by atomic mass is 35.5. The van der Waals surface area contributed by atoms with Crippen LogP contribution in [0.25, 0.3) is 0 Å². The topological polar surface area (TPSA) is 61.3 Å². The predicted molar refractivity (Wildman–Crippen MR) is 74.5 cm³/mol. The maximum absolute atomic E-state index is 11.4. The van der Waals surface area contributed by atoms with Crippen molar-refractivity contribution >= 4 is 40.2 Å². The fourth-order valence-corrected chi connectivity index (χ4v) is 3.19. The summed E-state index contributed by atoms with van der Waals surface area (Å²) in [6.07, 6.45) is 0.751. The summed E-state index contributed by atoms with van der Waals surface area (Å²) in [6, 6.07) is 0. The summed E-state index contributed by atoms with van der Waals surface area (Å²) in [5.74, 6) is -0.504. The van der Waals surface area contributed by atoms with Gasteiger partial charge in [-0.05, 0) is 6.92 Å². The Kier molecular flexibility index (Phi) is 4.73. The molecular weight excluding hydrogens is 308 g/mol. The largest absolute Gasteiger partial charge is 0.470 e. The van der Waals surface area contributed by atoms with Gasteiger partial charge in [-0.3, -0.25) is 0 Å². The molecule has 0 aliphatic heterocycles. The average Bonchev–Trinajstić information content (AvgIpc) is 2.96. The molecule has 0 saturated carbocycles. The van der Waals surface area contributed by atoms with Crippen molar-refractivity contribution in [3.05, 3.63) is 26.1 Å². The van der Waals surface area contributed by atoms with Crippen LogP contribution in [0.1, 0.15) is 20.2 Å². The maximum atomic E-state index is 11.4. The van der Waals surface area contributed by atoms with Gasteiger partial charge in [0.25, 0.3) is 5.19 Å². The number of carbonyl (C=O) groups is 1. The summed E-state index contributed by atoms with van der Waals surface area (Å²) in [6.45, 7) is 2.43. The number of hydrogen-bond acceptors (Lipinski definition) is 7. The van der Waals surface area contributed by atoms with Crippen molar-refractivity contribution < 1.29 is 14.3 Å². The number of ether oxygens (including phenoxy) is 2. The molecule has 0 radical (unpaired) electrons. The Morgan fingerprint density at radius 3 is 2.95 bits per heavy atom. The molecule has 2 rings (SSSR count). The minimum atomic E-state index is -0.504. The van der Waals surface area contributed by atoms with E-state index in [0.717, 1.165) is 23.5 Å². The second-order valence-electron chi connectivity index (χ2n) is 3.55. The molecule has 0 fully saturated rings. The van der Waals surface area contributed by atoms with E-state index >= 15 is 0 Å². The number of aryl methyl sites for hydroxylation is 1. The van der Waals surface area contributed by atoms with Crippen LogP contribution in [0, 0.1) is 6.92 Å². The van der Waals surface area contributed by atoms with Gasteiger partial charge in [-0.25, -0.2) is 9.78 Å². The van der Waals surface area contributed by atoms with Crippen LogP contribution in [-0.2, 0) is 11.2 Å². The Morgan fingerprint density at radius 2 is 2.32 bits per heavy atom. The molecule has 2 aromatic rings. The van der Waals surface area contributed by atoms with Gasteiger partial charge in [-0.2, -0.15) is 4.98 Å². The van der Waals surface area contributed by atoms with E-state index in [2.05, 4.69) is 14.7 Å². The Balaban J connectivity index is 1.93. The van der Waals surface area contributed by atoms with Gasteiger partial charge in [0.2, 0.25) is 0 Å². The Hall–Kier alpha value is -1.18. The number of carbonyl (C=O) groups excluding carboxylic acids is 1. The van der Waals surface area contributed by atoms with Crippen molar-refractivity contribution in [2.45, 2.75) is 13.3 Å². The molecule has 0 aliphatic rings. The summed E-state index contributed by atoms with van der Waals surface area (Å²) >= 11 is 8.51. The van der Waals surface area contributed by atoms with Gasteiger partial charge in [-0.15, -0.1) is 11.3 Å². The van der Waals surface area contributed by atoms with Crippen molar-refractivity contribution in [3.63, 3.8) is 0 Å². The van der Waals surface area contributed by atoms with Gasteiger partial charge in [0.15, 0.2) is 10.0 Å². The SMILES string of the molecule is COC(=O)c1sc(OCCc2scnc2C)nc1Cl. The lowest BCUT2D eigenvalue weighted by Gasteiger charge is -2.00. The minimum absolute atomic E-state index is 0.112. The third kappa shape index (κ3) is 3.43. The van der Waals surface area contributed by atoms with Crippen LogP contribution in [-0.4, -0.2) is 29.7 Å². The fourth-order valence-electron chi connectivity index (χ4n) is 1.36. The van der Waals surface area contributed by atoms with E-state index in [0.29, 0.717) is 11.8 Å². The third-order valence-electron chi connectivity index (χ3n) is 2.34. The van der Waals surface area contributed by atoms with Crippen LogP contribution >= 0.6 is 34.3 Å². The average molecular weight is 319 g/mol. The zero-order valence-corrected chi connectivity index (χ0v) is 12.7. The zero-order valence-electron chi connectivity index (χ0n) is 10.3. The number of methoxy groups -OCH3 is 1. The monoisotopic (exact) mass is 318 g/mol. The summed E-state index contributed by atoms with van der Waals surface area (Å²) in [5.41, 5.74) is 2.82. The highest BCUT2D eigenvalue weighted by Crippen LogP contribution is 2.29. The Labute approximate surface area is 123 Å². The highest BCUT2D eigenvalue weighted by molar-refractivity contribution is 7.15. The number of nitrogens with zero attached hydrogens (tertiary/aromatic N) is 2. The van der Waals surface area contributed by atoms with Gasteiger partial charge in [0.05, 0.1) is 24.9 Å². The van der Waals surface area contributed by atoms with Crippen LogP contribution < -0.4 is 4.74 Å². The molecule has 0 atom stereocenters. The van der Waals surface area contributed by atoms with Gasteiger partial charge < -0.3 is 9.47 Å². The fraction of sp³-hybridized carbons (Fsp3) is 0.364. The van der Waals surface area contributed by atoms with Gasteiger partial charge in [0, 0.05) is 11.3 Å². The van der Waals surface area contributed by atoms with Crippen molar-refractivity contribution in [3.8, 4) is 5.19 Å². The molecule has 19 heavy (non-hydrogen) atoms. The van der Waals surface area contributed by atoms with E-state index in [-0.39, 0.29) is 10.0 Å². The van der Waals surface area contributed by atoms with E-state index in [9.17, 15) is 4.79 Å². The minimum Gasteiger partial charge on any atom is -0.470 e. The first-order valence-electron chi connectivity index (χ1n) is 5.38. The molecule has 5 nitrogen and oxygen atoms in total. The Morgan fingerprint density at radius 1 is 1.53 bits per heavy atom. The molecule has 2 heterocycles. The number of thiazole rings is 2. The van der Waals surface area contributed by atoms with Gasteiger partial charge in [-0.1, -0.05) is 22.9 Å². The molecule has 0 spiro atoms. The molecule has 0 amide bonds. The summed E-state index contributed by atoms with van der Waals surface area (Å²) < 4.78 is 10.1. The Bertz CT molecular complexity index is 582. The third-order valence-corrected chi connectivity index (χ3v) is 4.66. The van der Waals surface area contributed by atoms with Crippen molar-refractivity contribution in [2.75, 3.05) is 13.7 Å². The summed E-state index contributed by atoms with van der Waals surface area (Å²) in [4.78, 5) is 20.9. The van der Waals surface area contributed by atoms with E-state index in [1.165, 1.54) is 12.0 Å². The molecule has 8 heteroatoms. The van der Waals surface area contributed by atoms with Crippen LogP contribution in [0.3, 0.4) is 0 Å². The van der Waals surface area contributed by atoms with E-state index in [4.69, 9.17) is 16.3 Å². The molecule has 0 aliphatic carbocycles. The van der Waals surface area contributed by atoms with E-state index < -0.39 is 5.97 Å². The number of esters is 1. The van der Waals surface area contributed by atoms with Gasteiger partial charge in [0.1, 0.15) is 0 Å². The van der Waals surface area contributed by atoms with Crippen molar-refractivity contribution in [2.24, 2.45) is 0 Å². The number of halogens is 1. The summed E-state index contributed by atoms with van der Waals surface area (Å²) in [7, 11) is 1.30. The molecular formula is C11H11ClN2O3S2. The zero-order chi connectivity index (χ0) is 13.8. The first-order chi connectivity index (χ1) is 9.11. The van der Waals surface area contributed by atoms with Crippen LogP contribution in [0.15, 0.2) is 5.51 Å². The molecule has 2 aromatic heterocycles. The van der Waals surface area contributed by atoms with Crippen LogP contribution in [0.5, 0.6) is 5.19 Å². The van der Waals surface area contributed by atoms with Crippen molar-refractivity contribution in [1.82, 2.24) is 9.97 Å². The van der Waals surface area contributed by atoms with Gasteiger partial charge >= 0.3 is 5.97 Å². The first-order valence-corrected chi connectivity index (χ1v) is 7.45. The van der Waals surface area contributed by atoms with Crippen LogP contribution in [0.4, 0.5) is 0 Å². The predicted octanol–water partition coefficient (Wildman–Crippen LogP) is 2.97. The first kappa shape index (κ1) is 14.2. The smallest absolute Gasteiger partial charge is 0.351 e. The lowest BCUT2D eigenvalue weighted by atomic mass is 10.3. The van der Waals surface area contributed by atoms with Crippen LogP contribution in [0.2, 0.25) is 5.15 Å². The number of hydrogen-bond donors (Lipinski definition) is 0. The van der Waals surface area contributed by atoms with Crippen molar-refractivity contribution in [1.29, 1.82) is 0 Å². The molecule has 0 unspecified atom stereocenters. The lowest BCUT2D eigenvalue weighted by Crippen LogP contribution is -2.00. The standard InChI is InChI=1S/C11H11ClN2O3S2/c1-6-7(18-5-13-6)3-4-17-11-14-9(12)8(19-11)10(15)16-2/h5H,3-4H2,1-2H3. The molecule has 0 aromatic carbocycles. The lowest BCUT2D eigenvalue weighted by molar-refractivity contribution is 0.0606. The summed E-state index contributed by atoms with van der Waals surface area (Å²) in [5, 5.41) is 0.480. The second kappa shape index (κ2) is 6.31. The normalized spacial score (nSPS) is 10.5. The number of aromatic nitrogens is 2. The number of rotatable bonds is 5. The maximum Gasteiger partial charge on any atom is 0.351 e. The molecule has 0 saturated heterocycles. The molecule has 102 valence electrons. The molecule has 0 bridgehead atoms. The quantitative estimate of drug-likeness (QED) is 0.793.